The van der Waals surface area contributed by atoms with Crippen LogP contribution in [0.15, 0.2) is 51.7 Å². The molecule has 150 valence electrons. The van der Waals surface area contributed by atoms with E-state index in [2.05, 4.69) is 19.1 Å². The molecule has 2 heterocycles. The van der Waals surface area contributed by atoms with Gasteiger partial charge in [0.25, 0.3) is 0 Å². The maximum atomic E-state index is 12.6. The van der Waals surface area contributed by atoms with Gasteiger partial charge in [-0.25, -0.2) is 4.79 Å². The summed E-state index contributed by atoms with van der Waals surface area (Å²) in [6, 6.07) is 14.3. The Hall–Kier alpha value is -3.12. The Morgan fingerprint density at radius 1 is 1.21 bits per heavy atom. The first kappa shape index (κ1) is 19.2. The van der Waals surface area contributed by atoms with E-state index in [9.17, 15) is 9.59 Å². The summed E-state index contributed by atoms with van der Waals surface area (Å²) >= 11 is 0. The summed E-state index contributed by atoms with van der Waals surface area (Å²) in [5, 5.41) is 0.819. The van der Waals surface area contributed by atoms with Crippen molar-refractivity contribution >= 4 is 16.9 Å². The minimum absolute atomic E-state index is 0.101. The Kier molecular flexibility index (Phi) is 5.11. The van der Waals surface area contributed by atoms with Gasteiger partial charge in [0.1, 0.15) is 18.3 Å². The first-order chi connectivity index (χ1) is 14.0. The zero-order chi connectivity index (χ0) is 20.5. The molecule has 0 amide bonds. The van der Waals surface area contributed by atoms with Crippen molar-refractivity contribution in [3.8, 4) is 5.75 Å². The van der Waals surface area contributed by atoms with Crippen LogP contribution in [0.4, 0.5) is 0 Å². The van der Waals surface area contributed by atoms with Crippen LogP contribution in [0.2, 0.25) is 0 Å². The fourth-order valence-corrected chi connectivity index (χ4v) is 3.92. The largest absolute Gasteiger partial charge is 0.469 e. The van der Waals surface area contributed by atoms with Crippen molar-refractivity contribution in [3.05, 3.63) is 75.1 Å². The van der Waals surface area contributed by atoms with Crippen molar-refractivity contribution in [2.24, 2.45) is 0 Å². The Morgan fingerprint density at radius 3 is 2.69 bits per heavy atom. The average Bonchev–Trinajstić information content (AvgIpc) is 2.76. The van der Waals surface area contributed by atoms with E-state index in [-0.39, 0.29) is 12.5 Å². The molecule has 2 atom stereocenters. The van der Waals surface area contributed by atoms with Gasteiger partial charge < -0.3 is 13.9 Å². The number of carbonyl (C=O) groups excluding carboxylic acids is 1. The fourth-order valence-electron chi connectivity index (χ4n) is 3.92. The smallest absolute Gasteiger partial charge is 0.340 e. The van der Waals surface area contributed by atoms with E-state index in [0.29, 0.717) is 24.4 Å². The summed E-state index contributed by atoms with van der Waals surface area (Å²) in [5.41, 5.74) is 3.23. The first-order valence-corrected chi connectivity index (χ1v) is 9.67. The molecule has 0 aliphatic carbocycles. The molecule has 2 aromatic carbocycles. The number of fused-ring (bicyclic) bond motifs is 3. The molecule has 1 N–H and O–H groups in total. The molecule has 1 aliphatic heterocycles. The summed E-state index contributed by atoms with van der Waals surface area (Å²) in [6.45, 7) is 5.23. The van der Waals surface area contributed by atoms with Crippen LogP contribution in [0.25, 0.3) is 11.0 Å². The summed E-state index contributed by atoms with van der Waals surface area (Å²) in [6.07, 6.45) is -0.101. The lowest BCUT2D eigenvalue weighted by Crippen LogP contribution is -3.12. The highest BCUT2D eigenvalue weighted by Gasteiger charge is 2.29. The van der Waals surface area contributed by atoms with Gasteiger partial charge in [-0.2, -0.15) is 0 Å². The maximum Gasteiger partial charge on any atom is 0.340 e. The normalized spacial score (nSPS) is 16.7. The van der Waals surface area contributed by atoms with Crippen LogP contribution >= 0.6 is 0 Å². The van der Waals surface area contributed by atoms with Crippen molar-refractivity contribution < 1.29 is 23.6 Å². The molecule has 3 aromatic rings. The van der Waals surface area contributed by atoms with Gasteiger partial charge in [-0.15, -0.1) is 0 Å². The number of ether oxygens (including phenoxy) is 2. The fraction of sp³-hybridized carbons (Fsp3) is 0.304. The van der Waals surface area contributed by atoms with Gasteiger partial charge in [-0.1, -0.05) is 30.3 Å². The molecule has 1 unspecified atom stereocenters. The van der Waals surface area contributed by atoms with E-state index in [0.717, 1.165) is 22.3 Å². The first-order valence-electron chi connectivity index (χ1n) is 9.67. The summed E-state index contributed by atoms with van der Waals surface area (Å²) in [5.74, 6) is 0.276. The van der Waals surface area contributed by atoms with Crippen molar-refractivity contribution in [2.45, 2.75) is 32.9 Å². The highest BCUT2D eigenvalue weighted by Crippen LogP contribution is 2.31. The summed E-state index contributed by atoms with van der Waals surface area (Å²) in [4.78, 5) is 25.5. The van der Waals surface area contributed by atoms with E-state index in [1.165, 1.54) is 17.6 Å². The molecule has 0 fully saturated rings. The third-order valence-electron chi connectivity index (χ3n) is 5.79. The number of esters is 1. The van der Waals surface area contributed by atoms with Gasteiger partial charge in [-0.3, -0.25) is 9.69 Å². The third kappa shape index (κ3) is 3.51. The lowest BCUT2D eigenvalue weighted by molar-refractivity contribution is -0.960. The molecule has 0 saturated heterocycles. The number of aryl methyl sites for hydroxylation is 1. The Bertz CT molecular complexity index is 1120. The van der Waals surface area contributed by atoms with Crippen LogP contribution in [0, 0.1) is 6.92 Å². The van der Waals surface area contributed by atoms with Gasteiger partial charge in [0, 0.05) is 10.9 Å². The molecule has 6 nitrogen and oxygen atoms in total. The predicted octanol–water partition coefficient (Wildman–Crippen LogP) is 2.31. The lowest BCUT2D eigenvalue weighted by atomic mass is 9.99. The van der Waals surface area contributed by atoms with Gasteiger partial charge in [0.05, 0.1) is 24.7 Å². The van der Waals surface area contributed by atoms with Crippen molar-refractivity contribution in [1.29, 1.82) is 0 Å². The molecule has 6 heteroatoms. The number of carbonyl (C=O) groups is 1. The number of methoxy groups -OCH3 is 1. The number of benzene rings is 2. The summed E-state index contributed by atoms with van der Waals surface area (Å²) in [7, 11) is 1.30. The second-order valence-electron chi connectivity index (χ2n) is 7.42. The quantitative estimate of drug-likeness (QED) is 0.543. The molecule has 0 bridgehead atoms. The number of nitrogens with one attached hydrogen (secondary N) is 1. The van der Waals surface area contributed by atoms with Gasteiger partial charge >= 0.3 is 11.6 Å². The number of hydrogen-bond donors (Lipinski definition) is 1. The van der Waals surface area contributed by atoms with E-state index in [1.54, 1.807) is 0 Å². The monoisotopic (exact) mass is 394 g/mol. The summed E-state index contributed by atoms with van der Waals surface area (Å²) < 4.78 is 16.4. The van der Waals surface area contributed by atoms with E-state index in [1.807, 2.05) is 37.3 Å². The second-order valence-corrected chi connectivity index (χ2v) is 7.42. The number of hydrogen-bond acceptors (Lipinski definition) is 5. The second kappa shape index (κ2) is 7.72. The predicted molar refractivity (Wildman–Crippen MR) is 108 cm³/mol. The molecular weight excluding hydrogens is 370 g/mol. The van der Waals surface area contributed by atoms with Gasteiger partial charge in [0.15, 0.2) is 5.58 Å². The van der Waals surface area contributed by atoms with E-state index >= 15 is 0 Å². The number of quaternary nitrogens is 1. The van der Waals surface area contributed by atoms with Crippen LogP contribution in [-0.4, -0.2) is 19.8 Å². The third-order valence-corrected chi connectivity index (χ3v) is 5.79. The van der Waals surface area contributed by atoms with Crippen LogP contribution in [0.3, 0.4) is 0 Å². The minimum atomic E-state index is -0.503. The topological polar surface area (TPSA) is 70.2 Å². The van der Waals surface area contributed by atoms with Crippen molar-refractivity contribution in [1.82, 2.24) is 0 Å². The van der Waals surface area contributed by atoms with E-state index < -0.39 is 11.6 Å². The van der Waals surface area contributed by atoms with Crippen molar-refractivity contribution in [2.75, 3.05) is 13.8 Å². The highest BCUT2D eigenvalue weighted by molar-refractivity contribution is 5.87. The molecular formula is C23H24NO5+. The Labute approximate surface area is 168 Å². The van der Waals surface area contributed by atoms with Crippen LogP contribution in [0.1, 0.15) is 35.2 Å². The standard InChI is InChI=1S/C23H23NO5/c1-14-17-9-10-20-19(22(17)29-23(26)18(14)11-21(25)27-3)12-24(13-28-20)15(2)16-7-5-4-6-8-16/h4-10,15H,11-13H2,1-3H3/p+1/t15-/m1/s1. The molecule has 0 saturated carbocycles. The van der Waals surface area contributed by atoms with Crippen LogP contribution in [0.5, 0.6) is 5.75 Å². The highest BCUT2D eigenvalue weighted by atomic mass is 16.5. The maximum absolute atomic E-state index is 12.6. The molecule has 1 aliphatic rings. The number of rotatable bonds is 4. The van der Waals surface area contributed by atoms with Gasteiger partial charge in [-0.05, 0) is 31.5 Å². The van der Waals surface area contributed by atoms with Crippen LogP contribution in [-0.2, 0) is 22.5 Å². The van der Waals surface area contributed by atoms with Crippen molar-refractivity contribution in [3.63, 3.8) is 0 Å². The average molecular weight is 394 g/mol. The van der Waals surface area contributed by atoms with Gasteiger partial charge in [0.2, 0.25) is 6.73 Å². The molecule has 4 rings (SSSR count). The zero-order valence-corrected chi connectivity index (χ0v) is 16.8. The van der Waals surface area contributed by atoms with E-state index in [4.69, 9.17) is 13.9 Å². The SMILES string of the molecule is COC(=O)Cc1c(C)c2ccc3c(c2oc1=O)C[NH+]([C@H](C)c1ccccc1)CO3. The van der Waals surface area contributed by atoms with Crippen LogP contribution < -0.4 is 15.3 Å². The molecule has 1 aromatic heterocycles. The molecule has 29 heavy (non-hydrogen) atoms. The molecule has 0 radical (unpaired) electrons. The molecule has 0 spiro atoms. The Balaban J connectivity index is 1.75. The minimum Gasteiger partial charge on any atom is -0.469 e. The Morgan fingerprint density at radius 2 is 1.97 bits per heavy atom. The zero-order valence-electron chi connectivity index (χ0n) is 16.8. The lowest BCUT2D eigenvalue weighted by Gasteiger charge is -2.31.